The minimum atomic E-state index is -0.654. The molecule has 0 amide bonds. The summed E-state index contributed by atoms with van der Waals surface area (Å²) in [5.41, 5.74) is 0.733. The highest BCUT2D eigenvalue weighted by molar-refractivity contribution is 6.00. The first kappa shape index (κ1) is 30.0. The number of nitrogens with zero attached hydrogens (tertiary/aromatic N) is 3. The van der Waals surface area contributed by atoms with Gasteiger partial charge in [0.15, 0.2) is 5.78 Å². The van der Waals surface area contributed by atoms with Crippen LogP contribution in [0.5, 0.6) is 0 Å². The Morgan fingerprint density at radius 3 is 2.07 bits per heavy atom. The SMILES string of the molecule is Cn1c(NCC(CN2CCOCC2)OC(=O)CCc2ccccc2)c(C(=O)CCc2ccccc2)c(=O)n(C)c1=O. The highest BCUT2D eigenvalue weighted by Gasteiger charge is 2.25. The van der Waals surface area contributed by atoms with Gasteiger partial charge in [-0.05, 0) is 24.0 Å². The molecule has 3 aromatic rings. The van der Waals surface area contributed by atoms with Gasteiger partial charge in [-0.15, -0.1) is 0 Å². The van der Waals surface area contributed by atoms with Crippen LogP contribution in [-0.4, -0.2) is 71.3 Å². The van der Waals surface area contributed by atoms with Gasteiger partial charge in [0.1, 0.15) is 17.5 Å². The Morgan fingerprint density at radius 1 is 0.878 bits per heavy atom. The molecule has 0 radical (unpaired) electrons. The molecule has 0 aliphatic carbocycles. The molecule has 1 aliphatic rings. The fourth-order valence-corrected chi connectivity index (χ4v) is 4.89. The zero-order chi connectivity index (χ0) is 29.2. The minimum Gasteiger partial charge on any atom is -0.459 e. The fraction of sp³-hybridized carbons (Fsp3) is 0.419. The monoisotopic (exact) mass is 562 g/mol. The largest absolute Gasteiger partial charge is 0.459 e. The number of esters is 1. The molecule has 0 spiro atoms. The van der Waals surface area contributed by atoms with Crippen LogP contribution in [0.25, 0.3) is 0 Å². The van der Waals surface area contributed by atoms with Gasteiger partial charge in [-0.2, -0.15) is 0 Å². The van der Waals surface area contributed by atoms with Crippen molar-refractivity contribution in [1.82, 2.24) is 14.0 Å². The second-order valence-corrected chi connectivity index (χ2v) is 10.2. The van der Waals surface area contributed by atoms with Crippen LogP contribution in [0, 0.1) is 0 Å². The van der Waals surface area contributed by atoms with Gasteiger partial charge < -0.3 is 14.8 Å². The smallest absolute Gasteiger partial charge is 0.332 e. The van der Waals surface area contributed by atoms with Gasteiger partial charge in [0.25, 0.3) is 5.56 Å². The summed E-state index contributed by atoms with van der Waals surface area (Å²) in [5.74, 6) is -0.577. The van der Waals surface area contributed by atoms with E-state index in [0.717, 1.165) is 15.7 Å². The summed E-state index contributed by atoms with van der Waals surface area (Å²) in [7, 11) is 2.87. The van der Waals surface area contributed by atoms with Crippen LogP contribution in [-0.2, 0) is 41.2 Å². The van der Waals surface area contributed by atoms with E-state index in [1.807, 2.05) is 60.7 Å². The summed E-state index contributed by atoms with van der Waals surface area (Å²) in [5, 5.41) is 3.13. The maximum Gasteiger partial charge on any atom is 0.332 e. The summed E-state index contributed by atoms with van der Waals surface area (Å²) in [6, 6.07) is 19.3. The molecule has 2 heterocycles. The van der Waals surface area contributed by atoms with Crippen LogP contribution in [0.15, 0.2) is 70.3 Å². The Morgan fingerprint density at radius 2 is 1.46 bits per heavy atom. The number of rotatable bonds is 13. The van der Waals surface area contributed by atoms with Gasteiger partial charge in [0.2, 0.25) is 0 Å². The maximum absolute atomic E-state index is 13.4. The van der Waals surface area contributed by atoms with Crippen molar-refractivity contribution in [2.75, 3.05) is 44.7 Å². The van der Waals surface area contributed by atoms with Crippen LogP contribution in [0.2, 0.25) is 0 Å². The molecule has 1 unspecified atom stereocenters. The highest BCUT2D eigenvalue weighted by atomic mass is 16.5. The summed E-state index contributed by atoms with van der Waals surface area (Å²) >= 11 is 0. The lowest BCUT2D eigenvalue weighted by Gasteiger charge is -2.30. The first-order valence-electron chi connectivity index (χ1n) is 14.0. The average molecular weight is 563 g/mol. The molecule has 1 N–H and O–H groups in total. The number of hydrogen-bond donors (Lipinski definition) is 1. The standard InChI is InChI=1S/C31H38N4O6/c1-33-29(28(30(38)34(2)31(33)39)26(36)15-13-23-9-5-3-6-10-23)32-21-25(22-35-17-19-40-20-18-35)41-27(37)16-14-24-11-7-4-8-12-24/h3-12,25,32H,13-22H2,1-2H3. The predicted molar refractivity (Wildman–Crippen MR) is 156 cm³/mol. The minimum absolute atomic E-state index is 0.0777. The van der Waals surface area contributed by atoms with Crippen LogP contribution in [0.3, 0.4) is 0 Å². The Balaban J connectivity index is 1.51. The molecule has 1 aromatic heterocycles. The van der Waals surface area contributed by atoms with Crippen LogP contribution < -0.4 is 16.6 Å². The highest BCUT2D eigenvalue weighted by Crippen LogP contribution is 2.15. The first-order chi connectivity index (χ1) is 19.8. The van der Waals surface area contributed by atoms with Crippen LogP contribution in [0.4, 0.5) is 5.82 Å². The zero-order valence-electron chi connectivity index (χ0n) is 23.7. The molecular weight excluding hydrogens is 524 g/mol. The molecule has 41 heavy (non-hydrogen) atoms. The van der Waals surface area contributed by atoms with E-state index in [2.05, 4.69) is 10.2 Å². The third-order valence-corrected chi connectivity index (χ3v) is 7.25. The van der Waals surface area contributed by atoms with Crippen molar-refractivity contribution in [2.24, 2.45) is 14.1 Å². The number of nitrogens with one attached hydrogen (secondary N) is 1. The van der Waals surface area contributed by atoms with E-state index in [1.165, 1.54) is 18.7 Å². The van der Waals surface area contributed by atoms with Crippen LogP contribution >= 0.6 is 0 Å². The van der Waals surface area contributed by atoms with E-state index in [4.69, 9.17) is 9.47 Å². The molecule has 0 bridgehead atoms. The number of hydrogen-bond acceptors (Lipinski definition) is 8. The summed E-state index contributed by atoms with van der Waals surface area (Å²) < 4.78 is 13.5. The topological polar surface area (TPSA) is 112 Å². The number of carbonyl (C=O) groups is 2. The molecule has 0 saturated carbocycles. The van der Waals surface area contributed by atoms with E-state index in [1.54, 1.807) is 0 Å². The van der Waals surface area contributed by atoms with Crippen molar-refractivity contribution < 1.29 is 19.1 Å². The van der Waals surface area contributed by atoms with Crippen molar-refractivity contribution in [2.45, 2.75) is 31.8 Å². The number of carbonyl (C=O) groups excluding carboxylic acids is 2. The van der Waals surface area contributed by atoms with Gasteiger partial charge in [-0.25, -0.2) is 4.79 Å². The summed E-state index contributed by atoms with van der Waals surface area (Å²) in [6.07, 6.45) is 0.766. The van der Waals surface area contributed by atoms with Crippen LogP contribution in [0.1, 0.15) is 34.3 Å². The molecule has 1 fully saturated rings. The van der Waals surface area contributed by atoms with Gasteiger partial charge in [0.05, 0.1) is 19.8 Å². The van der Waals surface area contributed by atoms with E-state index in [0.29, 0.717) is 45.7 Å². The third kappa shape index (κ3) is 8.25. The van der Waals surface area contributed by atoms with Crippen molar-refractivity contribution >= 4 is 17.6 Å². The molecule has 1 aliphatic heterocycles. The zero-order valence-corrected chi connectivity index (χ0v) is 23.7. The number of anilines is 1. The lowest BCUT2D eigenvalue weighted by Crippen LogP contribution is -2.45. The molecule has 1 atom stereocenters. The van der Waals surface area contributed by atoms with Gasteiger partial charge in [-0.1, -0.05) is 60.7 Å². The Labute approximate surface area is 239 Å². The molecule has 2 aromatic carbocycles. The van der Waals surface area contributed by atoms with Gasteiger partial charge in [-0.3, -0.25) is 28.4 Å². The van der Waals surface area contributed by atoms with E-state index in [-0.39, 0.29) is 42.5 Å². The maximum atomic E-state index is 13.4. The van der Waals surface area contributed by atoms with Gasteiger partial charge in [0, 0.05) is 46.6 Å². The molecule has 10 nitrogen and oxygen atoms in total. The Kier molecular flexibility index (Phi) is 10.6. The van der Waals surface area contributed by atoms with Crippen molar-refractivity contribution in [3.8, 4) is 0 Å². The predicted octanol–water partition coefficient (Wildman–Crippen LogP) is 2.19. The number of ketones is 1. The van der Waals surface area contributed by atoms with Crippen molar-refractivity contribution in [3.05, 3.63) is 98.2 Å². The first-order valence-corrected chi connectivity index (χ1v) is 14.0. The molecule has 1 saturated heterocycles. The fourth-order valence-electron chi connectivity index (χ4n) is 4.89. The number of ether oxygens (including phenoxy) is 2. The Bertz CT molecular complexity index is 1430. The van der Waals surface area contributed by atoms with Crippen molar-refractivity contribution in [1.29, 1.82) is 0 Å². The average Bonchev–Trinajstić information content (AvgIpc) is 3.00. The number of aryl methyl sites for hydroxylation is 2. The lowest BCUT2D eigenvalue weighted by molar-refractivity contribution is -0.149. The third-order valence-electron chi connectivity index (χ3n) is 7.25. The molecule has 218 valence electrons. The van der Waals surface area contributed by atoms with Gasteiger partial charge >= 0.3 is 11.7 Å². The number of aromatic nitrogens is 2. The second-order valence-electron chi connectivity index (χ2n) is 10.2. The number of Topliss-reactive ketones (excluding diaryl/α,β-unsaturated/α-hetero) is 1. The molecular formula is C31H38N4O6. The van der Waals surface area contributed by atoms with E-state index < -0.39 is 17.4 Å². The summed E-state index contributed by atoms with van der Waals surface area (Å²) in [4.78, 5) is 54.3. The van der Waals surface area contributed by atoms with Crippen molar-refractivity contribution in [3.63, 3.8) is 0 Å². The molecule has 10 heteroatoms. The van der Waals surface area contributed by atoms with E-state index >= 15 is 0 Å². The lowest BCUT2D eigenvalue weighted by atomic mass is 10.0. The summed E-state index contributed by atoms with van der Waals surface area (Å²) in [6.45, 7) is 3.14. The number of benzene rings is 2. The van der Waals surface area contributed by atoms with E-state index in [9.17, 15) is 19.2 Å². The Hall–Kier alpha value is -4.02. The normalized spacial score (nSPS) is 14.4. The second kappa shape index (κ2) is 14.6. The quantitative estimate of drug-likeness (QED) is 0.249. The number of morpholine rings is 1. The molecule has 4 rings (SSSR count).